The van der Waals surface area contributed by atoms with Crippen molar-refractivity contribution in [3.8, 4) is 6.19 Å². The maximum Gasteiger partial charge on any atom is 0.176 e. The summed E-state index contributed by atoms with van der Waals surface area (Å²) in [6.07, 6.45) is 1.92. The number of hydrogen-bond donors (Lipinski definition) is 1. The van der Waals surface area contributed by atoms with E-state index in [0.717, 1.165) is 0 Å². The Morgan fingerprint density at radius 2 is 1.89 bits per heavy atom. The van der Waals surface area contributed by atoms with Gasteiger partial charge in [-0.05, 0) is 12.3 Å². The summed E-state index contributed by atoms with van der Waals surface area (Å²) in [5.41, 5.74) is 0.176. The highest BCUT2D eigenvalue weighted by Crippen LogP contribution is 2.17. The van der Waals surface area contributed by atoms with Crippen LogP contribution in [0.25, 0.3) is 0 Å². The van der Waals surface area contributed by atoms with Crippen LogP contribution in [0.1, 0.15) is 27.7 Å². The van der Waals surface area contributed by atoms with E-state index >= 15 is 0 Å². The molecule has 2 nitrogen and oxygen atoms in total. The highest BCUT2D eigenvalue weighted by atomic mass is 14.9. The molecular formula is C7H14N2. The topological polar surface area (TPSA) is 35.8 Å². The minimum Gasteiger partial charge on any atom is -0.321 e. The first-order valence-corrected chi connectivity index (χ1v) is 3.13. The summed E-state index contributed by atoms with van der Waals surface area (Å²) >= 11 is 0. The Labute approximate surface area is 56.9 Å². The average molecular weight is 126 g/mol. The van der Waals surface area contributed by atoms with E-state index in [-0.39, 0.29) is 11.5 Å². The van der Waals surface area contributed by atoms with Gasteiger partial charge >= 0.3 is 0 Å². The van der Waals surface area contributed by atoms with Gasteiger partial charge in [0.25, 0.3) is 0 Å². The third-order valence-electron chi connectivity index (χ3n) is 1.58. The van der Waals surface area contributed by atoms with Crippen LogP contribution in [0.5, 0.6) is 0 Å². The molecule has 0 heterocycles. The van der Waals surface area contributed by atoms with E-state index < -0.39 is 0 Å². The molecule has 0 saturated carbocycles. The molecule has 0 radical (unpaired) electrons. The summed E-state index contributed by atoms with van der Waals surface area (Å²) in [6.45, 7) is 8.30. The van der Waals surface area contributed by atoms with Crippen LogP contribution in [0.4, 0.5) is 0 Å². The van der Waals surface area contributed by atoms with Crippen LogP contribution < -0.4 is 5.32 Å². The molecule has 0 aliphatic rings. The summed E-state index contributed by atoms with van der Waals surface area (Å²) in [6, 6.07) is 0.252. The van der Waals surface area contributed by atoms with Crippen molar-refractivity contribution in [3.63, 3.8) is 0 Å². The van der Waals surface area contributed by atoms with Crippen molar-refractivity contribution in [1.29, 1.82) is 5.26 Å². The van der Waals surface area contributed by atoms with E-state index in [1.165, 1.54) is 0 Å². The molecule has 0 aromatic carbocycles. The first-order valence-electron chi connectivity index (χ1n) is 3.13. The summed E-state index contributed by atoms with van der Waals surface area (Å²) in [5.74, 6) is 0. The molecule has 0 aliphatic carbocycles. The Morgan fingerprint density at radius 3 is 2.00 bits per heavy atom. The predicted molar refractivity (Wildman–Crippen MR) is 37.7 cm³/mol. The molecule has 0 fully saturated rings. The van der Waals surface area contributed by atoms with Crippen LogP contribution in [-0.4, -0.2) is 6.04 Å². The summed E-state index contributed by atoms with van der Waals surface area (Å²) in [4.78, 5) is 0. The van der Waals surface area contributed by atoms with Gasteiger partial charge in [0.05, 0.1) is 0 Å². The van der Waals surface area contributed by atoms with E-state index in [2.05, 4.69) is 26.1 Å². The Bertz CT molecular complexity index is 116. The normalized spacial score (nSPS) is 14.1. The van der Waals surface area contributed by atoms with Crippen LogP contribution in [0.15, 0.2) is 0 Å². The smallest absolute Gasteiger partial charge is 0.176 e. The third kappa shape index (κ3) is 2.97. The molecule has 2 heteroatoms. The average Bonchev–Trinajstić information content (AvgIpc) is 1.64. The van der Waals surface area contributed by atoms with Crippen molar-refractivity contribution in [2.75, 3.05) is 0 Å². The zero-order chi connectivity index (χ0) is 7.49. The third-order valence-corrected chi connectivity index (χ3v) is 1.58. The molecule has 52 valence electrons. The van der Waals surface area contributed by atoms with Gasteiger partial charge in [0.2, 0.25) is 0 Å². The van der Waals surface area contributed by atoms with Crippen LogP contribution >= 0.6 is 0 Å². The quantitative estimate of drug-likeness (QED) is 0.427. The minimum atomic E-state index is 0.176. The zero-order valence-corrected chi connectivity index (χ0v) is 6.52. The minimum absolute atomic E-state index is 0.176. The van der Waals surface area contributed by atoms with Crippen molar-refractivity contribution in [2.24, 2.45) is 5.41 Å². The lowest BCUT2D eigenvalue weighted by Crippen LogP contribution is -2.34. The molecule has 0 bridgehead atoms. The Balaban J connectivity index is 3.76. The Kier molecular flexibility index (Phi) is 2.51. The number of nitriles is 1. The lowest BCUT2D eigenvalue weighted by Gasteiger charge is -2.25. The molecule has 0 spiro atoms. The van der Waals surface area contributed by atoms with Gasteiger partial charge in [-0.3, -0.25) is 0 Å². The standard InChI is InChI=1S/C7H14N2/c1-6(9-5-8)7(2,3)4/h6,9H,1-4H3. The van der Waals surface area contributed by atoms with Gasteiger partial charge < -0.3 is 5.32 Å². The molecule has 0 aromatic rings. The van der Waals surface area contributed by atoms with Gasteiger partial charge in [-0.1, -0.05) is 20.8 Å². The first kappa shape index (κ1) is 8.29. The molecule has 1 unspecified atom stereocenters. The molecular weight excluding hydrogens is 112 g/mol. The fourth-order valence-electron chi connectivity index (χ4n) is 0.313. The molecule has 1 N–H and O–H groups in total. The van der Waals surface area contributed by atoms with E-state index in [4.69, 9.17) is 5.26 Å². The fraction of sp³-hybridized carbons (Fsp3) is 0.857. The largest absolute Gasteiger partial charge is 0.321 e. The molecule has 0 aliphatic heterocycles. The van der Waals surface area contributed by atoms with Crippen molar-refractivity contribution in [2.45, 2.75) is 33.7 Å². The first-order chi connectivity index (χ1) is 3.98. The Morgan fingerprint density at radius 1 is 1.44 bits per heavy atom. The lowest BCUT2D eigenvalue weighted by atomic mass is 9.88. The van der Waals surface area contributed by atoms with E-state index in [0.29, 0.717) is 0 Å². The molecule has 1 atom stereocenters. The predicted octanol–water partition coefficient (Wildman–Crippen LogP) is 1.49. The second-order valence-corrected chi connectivity index (χ2v) is 3.34. The second kappa shape index (κ2) is 2.72. The molecule has 0 aromatic heterocycles. The molecule has 9 heavy (non-hydrogen) atoms. The highest BCUT2D eigenvalue weighted by Gasteiger charge is 2.18. The van der Waals surface area contributed by atoms with Crippen molar-refractivity contribution in [1.82, 2.24) is 5.32 Å². The molecule has 0 rings (SSSR count). The summed E-state index contributed by atoms with van der Waals surface area (Å²) in [5, 5.41) is 10.9. The summed E-state index contributed by atoms with van der Waals surface area (Å²) in [7, 11) is 0. The number of rotatable bonds is 1. The maximum atomic E-state index is 8.24. The van der Waals surface area contributed by atoms with Gasteiger partial charge in [-0.15, -0.1) is 0 Å². The van der Waals surface area contributed by atoms with E-state index in [9.17, 15) is 0 Å². The van der Waals surface area contributed by atoms with Crippen molar-refractivity contribution in [3.05, 3.63) is 0 Å². The SMILES string of the molecule is CC(NC#N)C(C)(C)C. The summed E-state index contributed by atoms with van der Waals surface area (Å²) < 4.78 is 0. The van der Waals surface area contributed by atoms with Crippen LogP contribution in [0.2, 0.25) is 0 Å². The van der Waals surface area contributed by atoms with Gasteiger partial charge in [0.1, 0.15) is 0 Å². The van der Waals surface area contributed by atoms with Crippen molar-refractivity contribution < 1.29 is 0 Å². The van der Waals surface area contributed by atoms with Crippen LogP contribution in [-0.2, 0) is 0 Å². The monoisotopic (exact) mass is 126 g/mol. The zero-order valence-electron chi connectivity index (χ0n) is 6.52. The second-order valence-electron chi connectivity index (χ2n) is 3.34. The van der Waals surface area contributed by atoms with Gasteiger partial charge in [0, 0.05) is 6.04 Å². The van der Waals surface area contributed by atoms with Gasteiger partial charge in [0.15, 0.2) is 6.19 Å². The number of hydrogen-bond acceptors (Lipinski definition) is 2. The highest BCUT2D eigenvalue weighted by molar-refractivity contribution is 4.81. The number of nitrogens with one attached hydrogen (secondary N) is 1. The molecule has 0 saturated heterocycles. The maximum absolute atomic E-state index is 8.24. The van der Waals surface area contributed by atoms with Crippen molar-refractivity contribution >= 4 is 0 Å². The van der Waals surface area contributed by atoms with E-state index in [1.54, 1.807) is 0 Å². The fourth-order valence-corrected chi connectivity index (χ4v) is 0.313. The van der Waals surface area contributed by atoms with Crippen LogP contribution in [0, 0.1) is 16.9 Å². The van der Waals surface area contributed by atoms with Crippen LogP contribution in [0.3, 0.4) is 0 Å². The molecule has 0 amide bonds. The lowest BCUT2D eigenvalue weighted by molar-refractivity contribution is 0.311. The number of nitrogens with zero attached hydrogens (tertiary/aromatic N) is 1. The van der Waals surface area contributed by atoms with Gasteiger partial charge in [-0.2, -0.15) is 5.26 Å². The Hall–Kier alpha value is -0.710. The van der Waals surface area contributed by atoms with Gasteiger partial charge in [-0.25, -0.2) is 0 Å². The van der Waals surface area contributed by atoms with E-state index in [1.807, 2.05) is 13.1 Å².